The summed E-state index contributed by atoms with van der Waals surface area (Å²) in [4.78, 5) is 14.8. The highest BCUT2D eigenvalue weighted by Gasteiger charge is 2.41. The summed E-state index contributed by atoms with van der Waals surface area (Å²) in [6.07, 6.45) is 11.7. The first-order valence-electron chi connectivity index (χ1n) is 9.18. The van der Waals surface area contributed by atoms with Crippen LogP contribution in [0.5, 0.6) is 0 Å². The number of likely N-dealkylation sites (tertiary alicyclic amines) is 1. The van der Waals surface area contributed by atoms with Crippen LogP contribution in [0.25, 0.3) is 0 Å². The molecule has 3 fully saturated rings. The smallest absolute Gasteiger partial charge is 0.276 e. The molecule has 126 valence electrons. The van der Waals surface area contributed by atoms with Gasteiger partial charge in [-0.2, -0.15) is 0 Å². The highest BCUT2D eigenvalue weighted by atomic mass is 16.2. The number of aromatic nitrogens is 3. The number of piperidine rings is 1. The average Bonchev–Trinajstić information content (AvgIpc) is 3.24. The zero-order chi connectivity index (χ0) is 15.7. The summed E-state index contributed by atoms with van der Waals surface area (Å²) in [7, 11) is 0. The summed E-state index contributed by atoms with van der Waals surface area (Å²) < 4.78 is 1.90. The van der Waals surface area contributed by atoms with Crippen LogP contribution in [0.4, 0.5) is 0 Å². The first kappa shape index (κ1) is 15.1. The minimum absolute atomic E-state index is 0.0765. The van der Waals surface area contributed by atoms with Crippen LogP contribution in [-0.2, 0) is 0 Å². The SMILES string of the molecule is O=C(c1cn(C2CCNCC2)nn1)N1CCC2(CCCCC2)C1. The molecule has 0 atom stereocenters. The Morgan fingerprint density at radius 2 is 1.96 bits per heavy atom. The van der Waals surface area contributed by atoms with Crippen LogP contribution in [0.3, 0.4) is 0 Å². The van der Waals surface area contributed by atoms with Crippen molar-refractivity contribution in [2.24, 2.45) is 5.41 Å². The van der Waals surface area contributed by atoms with Crippen molar-refractivity contribution >= 4 is 5.91 Å². The molecule has 0 bridgehead atoms. The van der Waals surface area contributed by atoms with E-state index >= 15 is 0 Å². The molecular weight excluding hydrogens is 290 g/mol. The molecule has 0 aromatic carbocycles. The lowest BCUT2D eigenvalue weighted by Crippen LogP contribution is -2.33. The van der Waals surface area contributed by atoms with E-state index in [0.717, 1.165) is 39.0 Å². The van der Waals surface area contributed by atoms with Crippen LogP contribution in [0.2, 0.25) is 0 Å². The largest absolute Gasteiger partial charge is 0.337 e. The van der Waals surface area contributed by atoms with Gasteiger partial charge in [0, 0.05) is 13.1 Å². The summed E-state index contributed by atoms with van der Waals surface area (Å²) in [5, 5.41) is 11.8. The van der Waals surface area contributed by atoms with Gasteiger partial charge in [0.15, 0.2) is 5.69 Å². The quantitative estimate of drug-likeness (QED) is 0.906. The lowest BCUT2D eigenvalue weighted by Gasteiger charge is -2.33. The Balaban J connectivity index is 1.42. The maximum Gasteiger partial charge on any atom is 0.276 e. The molecule has 2 saturated heterocycles. The summed E-state index contributed by atoms with van der Waals surface area (Å²) in [6, 6.07) is 0.383. The fourth-order valence-electron chi connectivity index (χ4n) is 4.60. The third kappa shape index (κ3) is 3.01. The molecule has 1 saturated carbocycles. The van der Waals surface area contributed by atoms with Crippen LogP contribution in [0.15, 0.2) is 6.20 Å². The van der Waals surface area contributed by atoms with E-state index < -0.39 is 0 Å². The van der Waals surface area contributed by atoms with E-state index in [4.69, 9.17) is 0 Å². The molecule has 3 aliphatic rings. The average molecular weight is 317 g/mol. The van der Waals surface area contributed by atoms with Crippen molar-refractivity contribution in [3.05, 3.63) is 11.9 Å². The number of carbonyl (C=O) groups is 1. The third-order valence-electron chi connectivity index (χ3n) is 6.05. The van der Waals surface area contributed by atoms with E-state index in [0.29, 0.717) is 17.2 Å². The van der Waals surface area contributed by atoms with E-state index in [9.17, 15) is 4.79 Å². The molecule has 1 aliphatic carbocycles. The van der Waals surface area contributed by atoms with Gasteiger partial charge in [0.25, 0.3) is 5.91 Å². The van der Waals surface area contributed by atoms with Crippen LogP contribution >= 0.6 is 0 Å². The third-order valence-corrected chi connectivity index (χ3v) is 6.05. The lowest BCUT2D eigenvalue weighted by atomic mass is 9.73. The van der Waals surface area contributed by atoms with Gasteiger partial charge in [-0.3, -0.25) is 4.79 Å². The van der Waals surface area contributed by atoms with Crippen molar-refractivity contribution in [1.82, 2.24) is 25.2 Å². The van der Waals surface area contributed by atoms with Gasteiger partial charge in [-0.05, 0) is 50.6 Å². The summed E-state index contributed by atoms with van der Waals surface area (Å²) in [5.74, 6) is 0.0765. The highest BCUT2D eigenvalue weighted by Crippen LogP contribution is 2.43. The molecule has 1 N–H and O–H groups in total. The van der Waals surface area contributed by atoms with E-state index in [2.05, 4.69) is 15.6 Å². The molecule has 1 aromatic heterocycles. The molecule has 0 unspecified atom stereocenters. The predicted molar refractivity (Wildman–Crippen MR) is 87.2 cm³/mol. The van der Waals surface area contributed by atoms with E-state index in [1.807, 2.05) is 15.8 Å². The topological polar surface area (TPSA) is 63.1 Å². The second-order valence-corrected chi connectivity index (χ2v) is 7.60. The first-order valence-corrected chi connectivity index (χ1v) is 9.18. The van der Waals surface area contributed by atoms with Gasteiger partial charge in [0.05, 0.1) is 12.2 Å². The minimum atomic E-state index is 0.0765. The Labute approximate surface area is 137 Å². The van der Waals surface area contributed by atoms with Gasteiger partial charge in [-0.25, -0.2) is 4.68 Å². The first-order chi connectivity index (χ1) is 11.3. The maximum absolute atomic E-state index is 12.8. The predicted octanol–water partition coefficient (Wildman–Crippen LogP) is 2.00. The van der Waals surface area contributed by atoms with Gasteiger partial charge >= 0.3 is 0 Å². The van der Waals surface area contributed by atoms with Gasteiger partial charge < -0.3 is 10.2 Å². The van der Waals surface area contributed by atoms with Crippen LogP contribution in [0.1, 0.15) is 67.9 Å². The molecule has 3 heterocycles. The maximum atomic E-state index is 12.8. The summed E-state index contributed by atoms with van der Waals surface area (Å²) in [6.45, 7) is 3.84. The van der Waals surface area contributed by atoms with E-state index in [-0.39, 0.29) is 5.91 Å². The molecule has 23 heavy (non-hydrogen) atoms. The number of nitrogens with zero attached hydrogens (tertiary/aromatic N) is 4. The molecular formula is C17H27N5O. The lowest BCUT2D eigenvalue weighted by molar-refractivity contribution is 0.0753. The van der Waals surface area contributed by atoms with Crippen molar-refractivity contribution in [3.8, 4) is 0 Å². The fraction of sp³-hybridized carbons (Fsp3) is 0.824. The Kier molecular flexibility index (Phi) is 4.09. The van der Waals surface area contributed by atoms with Crippen molar-refractivity contribution < 1.29 is 4.79 Å². The standard InChI is InChI=1S/C17H27N5O/c23-16(21-11-8-17(13-21)6-2-1-3-7-17)15-12-22(20-19-15)14-4-9-18-10-5-14/h12,14,18H,1-11,13H2. The molecule has 1 spiro atoms. The van der Waals surface area contributed by atoms with Crippen molar-refractivity contribution in [2.75, 3.05) is 26.2 Å². The van der Waals surface area contributed by atoms with Crippen LogP contribution < -0.4 is 5.32 Å². The summed E-state index contributed by atoms with van der Waals surface area (Å²) in [5.41, 5.74) is 0.926. The van der Waals surface area contributed by atoms with Crippen molar-refractivity contribution in [1.29, 1.82) is 0 Å². The zero-order valence-corrected chi connectivity index (χ0v) is 13.8. The second-order valence-electron chi connectivity index (χ2n) is 7.60. The number of hydrogen-bond acceptors (Lipinski definition) is 4. The van der Waals surface area contributed by atoms with Gasteiger partial charge in [0.2, 0.25) is 0 Å². The Bertz CT molecular complexity index is 557. The molecule has 1 aromatic rings. The van der Waals surface area contributed by atoms with Gasteiger partial charge in [-0.1, -0.05) is 24.5 Å². The van der Waals surface area contributed by atoms with Gasteiger partial charge in [0.1, 0.15) is 0 Å². The van der Waals surface area contributed by atoms with Crippen molar-refractivity contribution in [2.45, 2.75) is 57.4 Å². The number of hydrogen-bond donors (Lipinski definition) is 1. The Morgan fingerprint density at radius 1 is 1.17 bits per heavy atom. The number of carbonyl (C=O) groups excluding carboxylic acids is 1. The fourth-order valence-corrected chi connectivity index (χ4v) is 4.60. The highest BCUT2D eigenvalue weighted by molar-refractivity contribution is 5.92. The number of rotatable bonds is 2. The molecule has 6 heteroatoms. The van der Waals surface area contributed by atoms with Crippen LogP contribution in [-0.4, -0.2) is 52.0 Å². The second kappa shape index (κ2) is 6.23. The molecule has 2 aliphatic heterocycles. The molecule has 1 amide bonds. The zero-order valence-electron chi connectivity index (χ0n) is 13.8. The number of amides is 1. The van der Waals surface area contributed by atoms with E-state index in [1.165, 1.54) is 38.5 Å². The molecule has 4 rings (SSSR count). The van der Waals surface area contributed by atoms with Crippen LogP contribution in [0, 0.1) is 5.41 Å². The number of nitrogens with one attached hydrogen (secondary N) is 1. The molecule has 0 radical (unpaired) electrons. The Morgan fingerprint density at radius 3 is 2.74 bits per heavy atom. The van der Waals surface area contributed by atoms with Gasteiger partial charge in [-0.15, -0.1) is 5.10 Å². The molecule has 6 nitrogen and oxygen atoms in total. The Hall–Kier alpha value is -1.43. The summed E-state index contributed by atoms with van der Waals surface area (Å²) >= 11 is 0. The van der Waals surface area contributed by atoms with E-state index in [1.54, 1.807) is 0 Å². The minimum Gasteiger partial charge on any atom is -0.337 e. The van der Waals surface area contributed by atoms with Crippen molar-refractivity contribution in [3.63, 3.8) is 0 Å². The normalized spacial score (nSPS) is 25.1. The monoisotopic (exact) mass is 317 g/mol.